The normalized spacial score (nSPS) is 31.3. The molecule has 0 spiro atoms. The molecule has 42 heavy (non-hydrogen) atoms. The van der Waals surface area contributed by atoms with Gasteiger partial charge in [0.15, 0.2) is 34.5 Å². The zero-order valence-corrected chi connectivity index (χ0v) is 23.7. The molecule has 0 aromatic carbocycles. The van der Waals surface area contributed by atoms with Crippen molar-refractivity contribution < 1.29 is 37.7 Å². The minimum atomic E-state index is -4.42. The lowest BCUT2D eigenvalue weighted by molar-refractivity contribution is -0.0717. The SMILES string of the molecule is Nc1nc2c(ncn2[C@]2(OP(O)(=S)OC[C@H]3OCC(F)(n4cnc5c(N)ncnc54)[C@@H]3O)CS[C@H](CO)[C@H]2F)c(=O)[nH]1. The lowest BCUT2D eigenvalue weighted by Gasteiger charge is -2.35. The van der Waals surface area contributed by atoms with Gasteiger partial charge in [-0.05, 0) is 11.8 Å². The van der Waals surface area contributed by atoms with Crippen LogP contribution >= 0.6 is 18.5 Å². The Balaban J connectivity index is 1.25. The van der Waals surface area contributed by atoms with Crippen LogP contribution in [0.15, 0.2) is 23.8 Å². The van der Waals surface area contributed by atoms with Crippen LogP contribution in [0.5, 0.6) is 0 Å². The molecule has 2 fully saturated rings. The first-order valence-corrected chi connectivity index (χ1v) is 15.7. The number of nitrogens with one attached hydrogen (secondary N) is 1. The number of nitrogen functional groups attached to an aromatic ring is 2. The number of fused-ring (bicyclic) bond motifs is 2. The van der Waals surface area contributed by atoms with Gasteiger partial charge in [-0.25, -0.2) is 28.7 Å². The van der Waals surface area contributed by atoms with Crippen molar-refractivity contribution in [3.05, 3.63) is 29.3 Å². The number of hydrogen-bond acceptors (Lipinski definition) is 15. The number of H-pyrrole nitrogens is 1. The highest BCUT2D eigenvalue weighted by Crippen LogP contribution is 2.56. The average Bonchev–Trinajstić information content (AvgIpc) is 3.70. The number of imidazole rings is 2. The molecule has 6 heterocycles. The lowest BCUT2D eigenvalue weighted by Crippen LogP contribution is -2.46. The molecule has 226 valence electrons. The van der Waals surface area contributed by atoms with E-state index in [0.29, 0.717) is 0 Å². The minimum Gasteiger partial charge on any atom is -0.395 e. The van der Waals surface area contributed by atoms with E-state index in [1.54, 1.807) is 0 Å². The van der Waals surface area contributed by atoms with Gasteiger partial charge in [0.1, 0.15) is 30.7 Å². The molecule has 7 atom stereocenters. The van der Waals surface area contributed by atoms with Crippen molar-refractivity contribution in [2.45, 2.75) is 35.1 Å². The maximum atomic E-state index is 16.1. The van der Waals surface area contributed by atoms with Gasteiger partial charge < -0.3 is 35.8 Å². The number of hydrogen-bond donors (Lipinski definition) is 6. The maximum Gasteiger partial charge on any atom is 0.326 e. The quantitative estimate of drug-likeness (QED) is 0.124. The van der Waals surface area contributed by atoms with E-state index in [1.807, 2.05) is 0 Å². The van der Waals surface area contributed by atoms with Crippen LogP contribution in [0.3, 0.4) is 0 Å². The van der Waals surface area contributed by atoms with E-state index in [-0.39, 0.29) is 39.8 Å². The van der Waals surface area contributed by atoms with Gasteiger partial charge in [0.05, 0.1) is 31.1 Å². The van der Waals surface area contributed by atoms with Crippen molar-refractivity contribution >= 4 is 64.4 Å². The van der Waals surface area contributed by atoms with Crippen LogP contribution in [0.2, 0.25) is 0 Å². The Bertz CT molecular complexity index is 1780. The van der Waals surface area contributed by atoms with Gasteiger partial charge in [-0.3, -0.25) is 23.4 Å². The molecule has 8 N–H and O–H groups in total. The first-order valence-electron chi connectivity index (χ1n) is 12.1. The topological polar surface area (TPSA) is 248 Å². The van der Waals surface area contributed by atoms with Crippen LogP contribution in [0, 0.1) is 0 Å². The van der Waals surface area contributed by atoms with Crippen molar-refractivity contribution in [2.24, 2.45) is 0 Å². The summed E-state index contributed by atoms with van der Waals surface area (Å²) in [6.45, 7) is -6.32. The monoisotopic (exact) mass is 648 g/mol. The summed E-state index contributed by atoms with van der Waals surface area (Å²) in [5.41, 5.74) is 8.37. The minimum absolute atomic E-state index is 0.00975. The molecular weight excluding hydrogens is 625 g/mol. The van der Waals surface area contributed by atoms with E-state index in [0.717, 1.165) is 39.9 Å². The number of aliphatic hydroxyl groups is 2. The Morgan fingerprint density at radius 1 is 1.24 bits per heavy atom. The zero-order chi connectivity index (χ0) is 30.0. The summed E-state index contributed by atoms with van der Waals surface area (Å²) in [4.78, 5) is 45.4. The molecule has 0 saturated carbocycles. The van der Waals surface area contributed by atoms with Crippen LogP contribution < -0.4 is 17.0 Å². The Morgan fingerprint density at radius 3 is 2.71 bits per heavy atom. The van der Waals surface area contributed by atoms with Gasteiger partial charge in [-0.2, -0.15) is 4.98 Å². The van der Waals surface area contributed by atoms with Gasteiger partial charge in [0.2, 0.25) is 11.7 Å². The predicted octanol–water partition coefficient (Wildman–Crippen LogP) is -1.15. The van der Waals surface area contributed by atoms with Crippen molar-refractivity contribution in [1.29, 1.82) is 0 Å². The van der Waals surface area contributed by atoms with Gasteiger partial charge in [-0.1, -0.05) is 0 Å². The second-order valence-corrected chi connectivity index (χ2v) is 13.5. The van der Waals surface area contributed by atoms with Gasteiger partial charge in [-0.15, -0.1) is 11.8 Å². The second kappa shape index (κ2) is 10.4. The summed E-state index contributed by atoms with van der Waals surface area (Å²) in [6.07, 6.45) is -1.95. The third kappa shape index (κ3) is 4.55. The third-order valence-corrected chi connectivity index (χ3v) is 9.98. The summed E-state index contributed by atoms with van der Waals surface area (Å²) in [6, 6.07) is 0. The molecule has 2 unspecified atom stereocenters. The number of aliphatic hydroxyl groups excluding tert-OH is 2. The molecule has 6 rings (SSSR count). The van der Waals surface area contributed by atoms with Crippen molar-refractivity contribution in [2.75, 3.05) is 37.0 Å². The zero-order valence-electron chi connectivity index (χ0n) is 21.1. The van der Waals surface area contributed by atoms with E-state index in [1.165, 1.54) is 0 Å². The first-order chi connectivity index (χ1) is 19.9. The molecule has 0 bridgehead atoms. The lowest BCUT2D eigenvalue weighted by atomic mass is 10.1. The van der Waals surface area contributed by atoms with Crippen LogP contribution in [-0.4, -0.2) is 103 Å². The highest BCUT2D eigenvalue weighted by atomic mass is 32.5. The van der Waals surface area contributed by atoms with Crippen LogP contribution in [0.4, 0.5) is 20.5 Å². The number of alkyl halides is 2. The number of aromatic amines is 1. The summed E-state index contributed by atoms with van der Waals surface area (Å²) in [5.74, 6) is -3.05. The second-order valence-electron chi connectivity index (χ2n) is 9.53. The third-order valence-electron chi connectivity index (χ3n) is 7.02. The van der Waals surface area contributed by atoms with Gasteiger partial charge >= 0.3 is 6.72 Å². The molecule has 0 aliphatic carbocycles. The molecule has 0 radical (unpaired) electrons. The number of halogens is 2. The number of nitrogens with zero attached hydrogens (tertiary/aromatic N) is 7. The van der Waals surface area contributed by atoms with Gasteiger partial charge in [0, 0.05) is 5.75 Å². The predicted molar refractivity (Wildman–Crippen MR) is 147 cm³/mol. The Kier molecular flexibility index (Phi) is 7.22. The van der Waals surface area contributed by atoms with E-state index >= 15 is 8.78 Å². The van der Waals surface area contributed by atoms with Crippen LogP contribution in [0.1, 0.15) is 0 Å². The molecule has 2 aliphatic rings. The smallest absolute Gasteiger partial charge is 0.326 e. The number of ether oxygens (including phenoxy) is 1. The van der Waals surface area contributed by atoms with Crippen LogP contribution in [-0.2, 0) is 37.1 Å². The van der Waals surface area contributed by atoms with Crippen molar-refractivity contribution in [1.82, 2.24) is 39.0 Å². The molecule has 4 aromatic rings. The summed E-state index contributed by atoms with van der Waals surface area (Å²) in [5, 5.41) is 19.6. The highest BCUT2D eigenvalue weighted by Gasteiger charge is 2.57. The summed E-state index contributed by atoms with van der Waals surface area (Å²) in [7, 11) is 0. The fraction of sp³-hybridized carbons (Fsp3) is 0.500. The number of nitrogens with two attached hydrogens (primary N) is 2. The average molecular weight is 649 g/mol. The number of rotatable bonds is 8. The molecule has 22 heteroatoms. The standard InChI is InChI=1S/C20H23F2N10O7PS2/c21-12-9(1-33)42-4-20(12,32-7-28-11-16(32)29-18(24)30-17(11)35)39-40(36,41)38-2-8-13(34)19(22,3-37-8)31-6-27-10-14(23)25-5-26-15(10)31/h5-9,12-13,33-34H,1-4H2,(H,36,41)(H2,23,25,26)(H3,24,29,30,35)/t8-,9-,12-,13-,19?,20+,40?/m1/s1. The van der Waals surface area contributed by atoms with Crippen molar-refractivity contribution in [3.8, 4) is 0 Å². The fourth-order valence-electron chi connectivity index (χ4n) is 4.91. The molecule has 17 nitrogen and oxygen atoms in total. The number of thioether (sulfide) groups is 1. The first kappa shape index (κ1) is 29.2. The van der Waals surface area contributed by atoms with E-state index in [4.69, 9.17) is 37.1 Å². The Hall–Kier alpha value is -2.88. The van der Waals surface area contributed by atoms with E-state index in [2.05, 4.69) is 29.9 Å². The maximum absolute atomic E-state index is 16.1. The van der Waals surface area contributed by atoms with Crippen molar-refractivity contribution in [3.63, 3.8) is 0 Å². The van der Waals surface area contributed by atoms with Crippen LogP contribution in [0.25, 0.3) is 22.3 Å². The number of anilines is 2. The summed E-state index contributed by atoms with van der Waals surface area (Å²) >= 11 is 6.15. The molecule has 2 saturated heterocycles. The molecule has 2 aliphatic heterocycles. The highest BCUT2D eigenvalue weighted by molar-refractivity contribution is 8.07. The van der Waals surface area contributed by atoms with E-state index in [9.17, 15) is 19.9 Å². The largest absolute Gasteiger partial charge is 0.395 e. The van der Waals surface area contributed by atoms with E-state index < -0.39 is 67.2 Å². The molecule has 4 aromatic heterocycles. The number of aromatic nitrogens is 8. The molecular formula is C20H23F2N10O7PS2. The van der Waals surface area contributed by atoms with Gasteiger partial charge in [0.25, 0.3) is 5.56 Å². The Labute approximate surface area is 242 Å². The fourth-order valence-corrected chi connectivity index (χ4v) is 7.90. The molecule has 0 amide bonds. The summed E-state index contributed by atoms with van der Waals surface area (Å²) < 4.78 is 50.6. The Morgan fingerprint density at radius 2 is 1.98 bits per heavy atom.